The number of esters is 2. The number of rotatable bonds is 10. The fourth-order valence-corrected chi connectivity index (χ4v) is 7.00. The molecule has 12 atom stereocenters. The number of aliphatic hydroxyl groups is 3. The van der Waals surface area contributed by atoms with Gasteiger partial charge in [0.15, 0.2) is 5.79 Å². The Bertz CT molecular complexity index is 1350. The number of hydrogen-bond donors (Lipinski definition) is 4. The van der Waals surface area contributed by atoms with Gasteiger partial charge in [-0.1, -0.05) is 83.9 Å². The molecule has 0 amide bonds. The molecule has 288 valence electrons. The summed E-state index contributed by atoms with van der Waals surface area (Å²) in [7, 11) is 2.80. The van der Waals surface area contributed by atoms with Crippen molar-refractivity contribution >= 4 is 17.9 Å². The van der Waals surface area contributed by atoms with Crippen LogP contribution in [-0.4, -0.2) is 95.0 Å². The molecule has 0 saturated carbocycles. The number of allylic oxidation sites excluding steroid dienone is 5. The van der Waals surface area contributed by atoms with E-state index in [0.29, 0.717) is 18.1 Å². The van der Waals surface area contributed by atoms with Gasteiger partial charge in [0.05, 0.1) is 25.4 Å². The second-order valence-corrected chi connectivity index (χ2v) is 14.6. The summed E-state index contributed by atoms with van der Waals surface area (Å²) in [4.78, 5) is 37.1. The van der Waals surface area contributed by atoms with Gasteiger partial charge in [0, 0.05) is 49.4 Å². The van der Waals surface area contributed by atoms with Crippen LogP contribution in [0.4, 0.5) is 0 Å². The van der Waals surface area contributed by atoms with Crippen LogP contribution in [0.5, 0.6) is 0 Å². The van der Waals surface area contributed by atoms with Gasteiger partial charge >= 0.3 is 17.9 Å². The molecule has 4 N–H and O–H groups in total. The Kier molecular flexibility index (Phi) is 16.8. The summed E-state index contributed by atoms with van der Waals surface area (Å²) in [6, 6.07) is 0. The minimum absolute atomic E-state index is 0.0458. The van der Waals surface area contributed by atoms with Gasteiger partial charge in [-0.3, -0.25) is 0 Å². The largest absolute Gasteiger partial charge is 0.490 e. The molecule has 1 saturated heterocycles. The van der Waals surface area contributed by atoms with Crippen LogP contribution < -0.4 is 0 Å². The van der Waals surface area contributed by atoms with Crippen molar-refractivity contribution in [1.29, 1.82) is 0 Å². The number of carbonyl (C=O) groups is 3. The van der Waals surface area contributed by atoms with Gasteiger partial charge < -0.3 is 44.1 Å². The van der Waals surface area contributed by atoms with E-state index in [4.69, 9.17) is 28.8 Å². The van der Waals surface area contributed by atoms with E-state index in [-0.39, 0.29) is 35.9 Å². The van der Waals surface area contributed by atoms with Gasteiger partial charge in [0.2, 0.25) is 5.76 Å². The Morgan fingerprint density at radius 2 is 1.71 bits per heavy atom. The van der Waals surface area contributed by atoms with Crippen molar-refractivity contribution in [3.63, 3.8) is 0 Å². The van der Waals surface area contributed by atoms with Crippen molar-refractivity contribution in [3.05, 3.63) is 59.4 Å². The zero-order valence-corrected chi connectivity index (χ0v) is 31.9. The molecule has 0 aromatic carbocycles. The highest BCUT2D eigenvalue weighted by Crippen LogP contribution is 2.42. The minimum atomic E-state index is -1.99. The molecule has 2 aliphatic heterocycles. The van der Waals surface area contributed by atoms with Gasteiger partial charge in [0.25, 0.3) is 0 Å². The molecule has 2 rings (SSSR count). The fourth-order valence-electron chi connectivity index (χ4n) is 7.00. The SMILES string of the molecule is COC1=CC(C)=C[C@H](C)[C@H](O)[C@H](C)CC(C)=CC=C[C@H](OC)[C@H]([C@H](C)[C@H](O)[C@H](C)[C@]2(O)C[C@H](OC(=O)/C=C/C(=O)O)[C@H](C)[C@H](C(C)C)O2)OC1=O. The Morgan fingerprint density at radius 1 is 1.06 bits per heavy atom. The molecule has 51 heavy (non-hydrogen) atoms. The van der Waals surface area contributed by atoms with E-state index in [1.54, 1.807) is 32.9 Å². The van der Waals surface area contributed by atoms with E-state index < -0.39 is 72.2 Å². The van der Waals surface area contributed by atoms with Crippen LogP contribution >= 0.6 is 0 Å². The molecule has 0 aromatic rings. The first kappa shape index (κ1) is 43.9. The highest BCUT2D eigenvalue weighted by molar-refractivity contribution is 5.90. The number of carbonyl (C=O) groups excluding carboxylic acids is 2. The average molecular weight is 721 g/mol. The van der Waals surface area contributed by atoms with Crippen LogP contribution in [0.3, 0.4) is 0 Å². The third-order valence-electron chi connectivity index (χ3n) is 10.1. The van der Waals surface area contributed by atoms with Crippen molar-refractivity contribution in [2.45, 2.75) is 118 Å². The van der Waals surface area contributed by atoms with Crippen LogP contribution in [0.1, 0.15) is 75.2 Å². The molecule has 2 heterocycles. The number of carboxylic acids is 1. The number of hydrogen-bond acceptors (Lipinski definition) is 11. The third kappa shape index (κ3) is 12.1. The summed E-state index contributed by atoms with van der Waals surface area (Å²) in [5.41, 5.74) is 1.70. The zero-order valence-electron chi connectivity index (χ0n) is 31.9. The molecular formula is C39H60O12. The van der Waals surface area contributed by atoms with E-state index in [9.17, 15) is 29.7 Å². The molecule has 0 aromatic heterocycles. The Morgan fingerprint density at radius 3 is 2.27 bits per heavy atom. The van der Waals surface area contributed by atoms with Crippen molar-refractivity contribution in [2.24, 2.45) is 35.5 Å². The van der Waals surface area contributed by atoms with E-state index in [1.165, 1.54) is 20.3 Å². The molecule has 12 heteroatoms. The average Bonchev–Trinajstić information content (AvgIpc) is 3.06. The molecule has 0 bridgehead atoms. The van der Waals surface area contributed by atoms with Crippen molar-refractivity contribution in [2.75, 3.05) is 14.2 Å². The molecule has 0 unspecified atom stereocenters. The number of cyclic esters (lactones) is 1. The van der Waals surface area contributed by atoms with Crippen molar-refractivity contribution < 1.29 is 58.5 Å². The van der Waals surface area contributed by atoms with Gasteiger partial charge in [-0.15, -0.1) is 0 Å². The lowest BCUT2D eigenvalue weighted by Gasteiger charge is -2.50. The Hall–Kier alpha value is -3.29. The highest BCUT2D eigenvalue weighted by atomic mass is 16.6. The second kappa shape index (κ2) is 19.5. The number of ether oxygens (including phenoxy) is 5. The van der Waals surface area contributed by atoms with Gasteiger partial charge in [-0.2, -0.15) is 0 Å². The van der Waals surface area contributed by atoms with Crippen LogP contribution in [0.25, 0.3) is 0 Å². The first-order valence-electron chi connectivity index (χ1n) is 17.7. The normalized spacial score (nSPS) is 33.4. The number of methoxy groups -OCH3 is 2. The van der Waals surface area contributed by atoms with Crippen LogP contribution in [0, 0.1) is 35.5 Å². The highest BCUT2D eigenvalue weighted by Gasteiger charge is 2.53. The number of aliphatic carboxylic acids is 1. The lowest BCUT2D eigenvalue weighted by atomic mass is 9.76. The Labute approximate surface area is 302 Å². The smallest absolute Gasteiger partial charge is 0.373 e. The predicted octanol–water partition coefficient (Wildman–Crippen LogP) is 4.88. The maximum atomic E-state index is 13.6. The predicted molar refractivity (Wildman–Crippen MR) is 191 cm³/mol. The molecule has 0 spiro atoms. The second-order valence-electron chi connectivity index (χ2n) is 14.6. The van der Waals surface area contributed by atoms with E-state index in [0.717, 1.165) is 11.6 Å². The van der Waals surface area contributed by atoms with Gasteiger partial charge in [0.1, 0.15) is 18.3 Å². The van der Waals surface area contributed by atoms with Crippen LogP contribution in [-0.2, 0) is 38.1 Å². The van der Waals surface area contributed by atoms with E-state index in [1.807, 2.05) is 53.7 Å². The van der Waals surface area contributed by atoms with Crippen LogP contribution in [0.2, 0.25) is 0 Å². The molecule has 2 aliphatic rings. The fraction of sp³-hybridized carbons (Fsp3) is 0.667. The van der Waals surface area contributed by atoms with Gasteiger partial charge in [-0.25, -0.2) is 14.4 Å². The van der Waals surface area contributed by atoms with Crippen molar-refractivity contribution in [1.82, 2.24) is 0 Å². The van der Waals surface area contributed by atoms with E-state index >= 15 is 0 Å². The topological polar surface area (TPSA) is 178 Å². The summed E-state index contributed by atoms with van der Waals surface area (Å²) < 4.78 is 29.1. The van der Waals surface area contributed by atoms with E-state index in [2.05, 4.69) is 0 Å². The quantitative estimate of drug-likeness (QED) is 0.178. The summed E-state index contributed by atoms with van der Waals surface area (Å²) in [5.74, 6) is -7.68. The first-order chi connectivity index (χ1) is 23.8. The molecule has 1 fully saturated rings. The summed E-state index contributed by atoms with van der Waals surface area (Å²) in [6.07, 6.45) is 5.37. The molecule has 12 nitrogen and oxygen atoms in total. The lowest BCUT2D eigenvalue weighted by molar-refractivity contribution is -0.329. The van der Waals surface area contributed by atoms with Crippen molar-refractivity contribution in [3.8, 4) is 0 Å². The maximum absolute atomic E-state index is 13.6. The number of carboxylic acid groups (broad SMARTS) is 1. The maximum Gasteiger partial charge on any atom is 0.373 e. The lowest BCUT2D eigenvalue weighted by Crippen LogP contribution is -2.59. The summed E-state index contributed by atoms with van der Waals surface area (Å²) in [5, 5.41) is 43.8. The third-order valence-corrected chi connectivity index (χ3v) is 10.1. The summed E-state index contributed by atoms with van der Waals surface area (Å²) >= 11 is 0. The number of aliphatic hydroxyl groups excluding tert-OH is 2. The monoisotopic (exact) mass is 720 g/mol. The zero-order chi connectivity index (χ0) is 38.8. The Balaban J connectivity index is 2.55. The van der Waals surface area contributed by atoms with Gasteiger partial charge in [-0.05, 0) is 38.2 Å². The standard InChI is InChI=1S/C39H60O12/c1-21(2)36-26(7)31(49-33(42)16-15-32(40)41)20-39(46,51-36)28(9)35(44)27(8)37-29(47-10)14-12-13-22(3)17-24(5)34(43)25(6)18-23(4)19-30(48-11)38(45)50-37/h12-16,18-19,21,24-29,31,34-37,43-44,46H,17,20H2,1-11H3,(H,40,41)/b14-12?,16-15+,22-13?,23-18?,30-19?/t24-,25+,26+,27-,28+,29+,31+,34-,35+,36+,37+,39+/m1/s1. The molecule has 0 aliphatic carbocycles. The molecule has 0 radical (unpaired) electrons. The minimum Gasteiger partial charge on any atom is -0.490 e. The summed E-state index contributed by atoms with van der Waals surface area (Å²) in [6.45, 7) is 16.5. The van der Waals surface area contributed by atoms with Crippen LogP contribution in [0.15, 0.2) is 59.4 Å². The molecular weight excluding hydrogens is 660 g/mol. The first-order valence-corrected chi connectivity index (χ1v) is 17.7.